The Labute approximate surface area is 308 Å². The van der Waals surface area contributed by atoms with Crippen LogP contribution in [0.3, 0.4) is 0 Å². The van der Waals surface area contributed by atoms with Crippen molar-refractivity contribution >= 4 is 23.7 Å². The molecule has 4 aromatic rings. The monoisotopic (exact) mass is 742 g/mol. The molecule has 0 saturated heterocycles. The first kappa shape index (κ1) is 38.4. The van der Waals surface area contributed by atoms with Crippen LogP contribution in [0.15, 0.2) is 107 Å². The summed E-state index contributed by atoms with van der Waals surface area (Å²) in [5, 5.41) is 51.5. The van der Waals surface area contributed by atoms with Gasteiger partial charge in [0.25, 0.3) is 11.4 Å². The van der Waals surface area contributed by atoms with Crippen LogP contribution in [0.25, 0.3) is 0 Å². The quantitative estimate of drug-likeness (QED) is 0.214. The molecular formula is C38H38N4O8Zn. The van der Waals surface area contributed by atoms with E-state index >= 15 is 0 Å². The largest absolute Gasteiger partial charge is 2.00 e. The summed E-state index contributed by atoms with van der Waals surface area (Å²) in [6.45, 7) is 12.6. The standard InChI is InChI=1S/2C19H20N2O4.Zn/c2*1-18(2,3)13-10-8-12(9-11-13)16-20-21-19(25-16,17(23)24)14-6-4-5-7-15(14)22;/h2*4-11,21-22H,1-3H3,(H,23,24);/q;;+2/p-2. The first-order valence-corrected chi connectivity index (χ1v) is 15.8. The molecule has 260 valence electrons. The number of hydrogen-bond donors (Lipinski definition) is 4. The maximum atomic E-state index is 11.8. The van der Waals surface area contributed by atoms with Crippen LogP contribution in [0.1, 0.15) is 74.9 Å². The Morgan fingerprint density at radius 2 is 0.902 bits per heavy atom. The fraction of sp³-hybridized carbons (Fsp3) is 0.263. The Balaban J connectivity index is 0.000000224. The van der Waals surface area contributed by atoms with Crippen molar-refractivity contribution in [1.29, 1.82) is 0 Å². The average molecular weight is 744 g/mol. The number of carboxylic acid groups (broad SMARTS) is 2. The number of phenols is 2. The van der Waals surface area contributed by atoms with Gasteiger partial charge < -0.3 is 39.5 Å². The van der Waals surface area contributed by atoms with Crippen LogP contribution < -0.4 is 21.1 Å². The molecule has 2 unspecified atom stereocenters. The van der Waals surface area contributed by atoms with Crippen LogP contribution in [0.4, 0.5) is 0 Å². The van der Waals surface area contributed by atoms with Gasteiger partial charge in [-0.2, -0.15) is 0 Å². The summed E-state index contributed by atoms with van der Waals surface area (Å²) in [5.74, 6) is -3.29. The predicted molar refractivity (Wildman–Crippen MR) is 181 cm³/mol. The van der Waals surface area contributed by atoms with Crippen molar-refractivity contribution in [2.24, 2.45) is 10.2 Å². The van der Waals surface area contributed by atoms with Crippen molar-refractivity contribution in [2.45, 2.75) is 63.8 Å². The number of carboxylic acids is 2. The SMILES string of the molecule is CC(C)(C)c1ccc(C2=NNC(C(=O)[O-])(c3ccccc3O)O2)cc1.CC(C)(C)c1ccc(C2=NNC(C(=O)[O-])(c3ccccc3O)O2)cc1.[Zn+2]. The number of benzene rings is 4. The Kier molecular flexibility index (Phi) is 10.9. The van der Waals surface area contributed by atoms with Gasteiger partial charge in [-0.3, -0.25) is 10.9 Å². The Morgan fingerprint density at radius 3 is 1.18 bits per heavy atom. The maximum Gasteiger partial charge on any atom is 2.00 e. The molecule has 6 rings (SSSR count). The number of aliphatic carboxylic acids is 2. The number of rotatable bonds is 6. The summed E-state index contributed by atoms with van der Waals surface area (Å²) in [7, 11) is 0. The number of nitrogens with one attached hydrogen (secondary N) is 2. The minimum absolute atomic E-state index is 0. The minimum atomic E-state index is -2.07. The van der Waals surface area contributed by atoms with Gasteiger partial charge in [0.2, 0.25) is 11.8 Å². The number of hydrogen-bond acceptors (Lipinski definition) is 12. The number of ether oxygens (including phenoxy) is 2. The molecule has 0 saturated carbocycles. The van der Waals surface area contributed by atoms with Crippen molar-refractivity contribution in [3.05, 3.63) is 130 Å². The van der Waals surface area contributed by atoms with E-state index in [1.807, 2.05) is 48.5 Å². The topological polar surface area (TPSA) is 188 Å². The van der Waals surface area contributed by atoms with E-state index in [0.29, 0.717) is 11.1 Å². The van der Waals surface area contributed by atoms with Gasteiger partial charge in [0, 0.05) is 11.1 Å². The molecule has 0 bridgehead atoms. The van der Waals surface area contributed by atoms with Crippen LogP contribution in [-0.4, -0.2) is 33.9 Å². The van der Waals surface area contributed by atoms with Crippen molar-refractivity contribution < 1.29 is 59.0 Å². The third-order valence-corrected chi connectivity index (χ3v) is 8.27. The Morgan fingerprint density at radius 1 is 0.588 bits per heavy atom. The van der Waals surface area contributed by atoms with Gasteiger partial charge in [-0.25, -0.2) is 0 Å². The van der Waals surface area contributed by atoms with Gasteiger partial charge in [-0.1, -0.05) is 90.1 Å². The van der Waals surface area contributed by atoms with E-state index in [9.17, 15) is 30.0 Å². The number of phenolic OH excluding ortho intramolecular Hbond substituents is 2. The smallest absolute Gasteiger partial charge is 0.544 e. The Hall–Kier alpha value is -5.42. The van der Waals surface area contributed by atoms with E-state index in [2.05, 4.69) is 62.6 Å². The number of hydrazone groups is 2. The zero-order valence-electron chi connectivity index (χ0n) is 29.2. The number of nitrogens with zero attached hydrogens (tertiary/aromatic N) is 2. The van der Waals surface area contributed by atoms with E-state index < -0.39 is 23.4 Å². The maximum absolute atomic E-state index is 11.8. The minimum Gasteiger partial charge on any atom is -0.544 e. The third kappa shape index (κ3) is 7.68. The molecule has 51 heavy (non-hydrogen) atoms. The van der Waals surface area contributed by atoms with Crippen LogP contribution in [0, 0.1) is 0 Å². The zero-order chi connectivity index (χ0) is 36.5. The molecule has 0 fully saturated rings. The van der Waals surface area contributed by atoms with Gasteiger partial charge in [0.1, 0.15) is 23.4 Å². The van der Waals surface area contributed by atoms with Crippen LogP contribution >= 0.6 is 0 Å². The molecule has 2 heterocycles. The fourth-order valence-corrected chi connectivity index (χ4v) is 5.28. The van der Waals surface area contributed by atoms with Crippen molar-refractivity contribution in [3.63, 3.8) is 0 Å². The molecular weight excluding hydrogens is 706 g/mol. The number of carbonyl (C=O) groups excluding carboxylic acids is 2. The fourth-order valence-electron chi connectivity index (χ4n) is 5.28. The Bertz CT molecular complexity index is 1820. The molecule has 2 atom stereocenters. The molecule has 13 heteroatoms. The summed E-state index contributed by atoms with van der Waals surface area (Å²) < 4.78 is 11.2. The van der Waals surface area contributed by atoms with Gasteiger partial charge in [-0.05, 0) is 70.5 Å². The molecule has 2 aliphatic heterocycles. The summed E-state index contributed by atoms with van der Waals surface area (Å²) in [4.78, 5) is 23.5. The summed E-state index contributed by atoms with van der Waals surface area (Å²) >= 11 is 0. The van der Waals surface area contributed by atoms with Gasteiger partial charge in [0.15, 0.2) is 0 Å². The van der Waals surface area contributed by atoms with E-state index in [1.54, 1.807) is 24.3 Å². The van der Waals surface area contributed by atoms with Gasteiger partial charge in [-0.15, -0.1) is 10.2 Å². The van der Waals surface area contributed by atoms with Crippen LogP contribution in [0.2, 0.25) is 0 Å². The second-order valence-electron chi connectivity index (χ2n) is 13.9. The first-order valence-electron chi connectivity index (χ1n) is 15.8. The number of aromatic hydroxyl groups is 2. The summed E-state index contributed by atoms with van der Waals surface area (Å²) in [6, 6.07) is 27.1. The van der Waals surface area contributed by atoms with E-state index in [1.165, 1.54) is 24.3 Å². The van der Waals surface area contributed by atoms with E-state index in [4.69, 9.17) is 9.47 Å². The number of para-hydroxylation sites is 2. The van der Waals surface area contributed by atoms with Crippen LogP contribution in [0.5, 0.6) is 11.5 Å². The molecule has 0 aromatic heterocycles. The van der Waals surface area contributed by atoms with Crippen molar-refractivity contribution in [2.75, 3.05) is 0 Å². The normalized spacial score (nSPS) is 19.3. The second kappa shape index (κ2) is 14.4. The van der Waals surface area contributed by atoms with Gasteiger partial charge >= 0.3 is 19.5 Å². The van der Waals surface area contributed by atoms with Gasteiger partial charge in [0.05, 0.1) is 11.1 Å². The van der Waals surface area contributed by atoms with Crippen molar-refractivity contribution in [1.82, 2.24) is 10.9 Å². The molecule has 0 spiro atoms. The molecule has 0 radical (unpaired) electrons. The summed E-state index contributed by atoms with van der Waals surface area (Å²) in [6.07, 6.45) is 0. The molecule has 4 N–H and O–H groups in total. The predicted octanol–water partition coefficient (Wildman–Crippen LogP) is 3.15. The molecule has 4 aromatic carbocycles. The van der Waals surface area contributed by atoms with E-state index in [0.717, 1.165) is 11.1 Å². The number of carbonyl (C=O) groups is 2. The van der Waals surface area contributed by atoms with E-state index in [-0.39, 0.29) is 64.7 Å². The molecule has 2 aliphatic rings. The molecule has 0 aliphatic carbocycles. The first-order chi connectivity index (χ1) is 23.5. The third-order valence-electron chi connectivity index (χ3n) is 8.27. The average Bonchev–Trinajstić information content (AvgIpc) is 3.73. The summed E-state index contributed by atoms with van der Waals surface area (Å²) in [5.41, 5.74) is 4.37. The zero-order valence-corrected chi connectivity index (χ0v) is 32.2. The second-order valence-corrected chi connectivity index (χ2v) is 13.9. The van der Waals surface area contributed by atoms with Crippen molar-refractivity contribution in [3.8, 4) is 11.5 Å². The van der Waals surface area contributed by atoms with Crippen LogP contribution in [-0.2, 0) is 60.8 Å². The molecule has 12 nitrogen and oxygen atoms in total. The molecule has 0 amide bonds.